The van der Waals surface area contributed by atoms with Gasteiger partial charge in [0.1, 0.15) is 0 Å². The lowest BCUT2D eigenvalue weighted by atomic mass is 10.1. The average molecular weight is 282 g/mol. The third kappa shape index (κ3) is 3.67. The smallest absolute Gasteiger partial charge is 0.310 e. The molecule has 0 aliphatic heterocycles. The van der Waals surface area contributed by atoms with E-state index in [-0.39, 0.29) is 30.0 Å². The number of rotatable bonds is 6. The first kappa shape index (κ1) is 15.4. The lowest BCUT2D eigenvalue weighted by molar-refractivity contribution is -0.385. The summed E-state index contributed by atoms with van der Waals surface area (Å²) in [5, 5.41) is 19.3. The van der Waals surface area contributed by atoms with Crippen LogP contribution in [0.5, 0.6) is 5.75 Å². The highest BCUT2D eigenvalue weighted by Gasteiger charge is 2.19. The van der Waals surface area contributed by atoms with Gasteiger partial charge in [-0.2, -0.15) is 0 Å². The zero-order valence-electron chi connectivity index (χ0n) is 11.0. The van der Waals surface area contributed by atoms with Gasteiger partial charge < -0.3 is 14.7 Å². The number of carbonyl (C=O) groups is 2. The summed E-state index contributed by atoms with van der Waals surface area (Å²) in [7, 11) is 2.73. The largest absolute Gasteiger partial charge is 0.490 e. The lowest BCUT2D eigenvalue weighted by Crippen LogP contribution is -2.29. The van der Waals surface area contributed by atoms with E-state index in [0.29, 0.717) is 0 Å². The number of carboxylic acids is 1. The summed E-state index contributed by atoms with van der Waals surface area (Å²) < 4.78 is 4.87. The quantitative estimate of drug-likeness (QED) is 0.619. The second kappa shape index (κ2) is 6.50. The predicted molar refractivity (Wildman–Crippen MR) is 68.9 cm³/mol. The number of ether oxygens (including phenoxy) is 1. The van der Waals surface area contributed by atoms with Crippen molar-refractivity contribution in [2.24, 2.45) is 0 Å². The fourth-order valence-electron chi connectivity index (χ4n) is 1.55. The second-order valence-corrected chi connectivity index (χ2v) is 4.01. The van der Waals surface area contributed by atoms with Gasteiger partial charge in [-0.25, -0.2) is 0 Å². The number of nitro benzene ring substituents is 1. The van der Waals surface area contributed by atoms with E-state index in [1.165, 1.54) is 37.3 Å². The van der Waals surface area contributed by atoms with Gasteiger partial charge in [0.15, 0.2) is 5.75 Å². The molecule has 0 fully saturated rings. The van der Waals surface area contributed by atoms with E-state index in [4.69, 9.17) is 9.84 Å². The third-order valence-electron chi connectivity index (χ3n) is 2.63. The molecule has 0 bridgehead atoms. The summed E-state index contributed by atoms with van der Waals surface area (Å²) in [5.74, 6) is -1.46. The zero-order chi connectivity index (χ0) is 15.3. The van der Waals surface area contributed by atoms with Crippen LogP contribution in [0.1, 0.15) is 16.8 Å². The number of benzene rings is 1. The Balaban J connectivity index is 2.93. The first-order valence-corrected chi connectivity index (χ1v) is 5.66. The highest BCUT2D eigenvalue weighted by atomic mass is 16.6. The molecule has 0 saturated carbocycles. The van der Waals surface area contributed by atoms with Crippen LogP contribution in [0.3, 0.4) is 0 Å². The van der Waals surface area contributed by atoms with Gasteiger partial charge in [-0.1, -0.05) is 0 Å². The van der Waals surface area contributed by atoms with Crippen LogP contribution in [0.15, 0.2) is 18.2 Å². The van der Waals surface area contributed by atoms with Gasteiger partial charge >= 0.3 is 11.7 Å². The minimum absolute atomic E-state index is 0.0208. The summed E-state index contributed by atoms with van der Waals surface area (Å²) in [4.78, 5) is 33.8. The minimum Gasteiger partial charge on any atom is -0.490 e. The molecule has 8 heteroatoms. The van der Waals surface area contributed by atoms with Gasteiger partial charge in [0.25, 0.3) is 5.91 Å². The number of hydrogen-bond donors (Lipinski definition) is 1. The normalized spacial score (nSPS) is 9.90. The van der Waals surface area contributed by atoms with Gasteiger partial charge in [-0.05, 0) is 6.07 Å². The third-order valence-corrected chi connectivity index (χ3v) is 2.63. The van der Waals surface area contributed by atoms with Gasteiger partial charge in [-0.15, -0.1) is 0 Å². The number of aliphatic carboxylic acids is 1. The SMILES string of the molecule is COc1cc(C(=O)N(C)CCC(=O)O)ccc1[N+](=O)[O-]. The van der Waals surface area contributed by atoms with Crippen molar-refractivity contribution in [1.29, 1.82) is 0 Å². The Morgan fingerprint density at radius 2 is 2.10 bits per heavy atom. The van der Waals surface area contributed by atoms with Crippen molar-refractivity contribution < 1.29 is 24.4 Å². The van der Waals surface area contributed by atoms with Crippen LogP contribution in [-0.2, 0) is 4.79 Å². The lowest BCUT2D eigenvalue weighted by Gasteiger charge is -2.16. The number of carboxylic acid groups (broad SMARTS) is 1. The Bertz CT molecular complexity index is 543. The molecule has 1 N–H and O–H groups in total. The van der Waals surface area contributed by atoms with Crippen LogP contribution in [-0.4, -0.2) is 47.5 Å². The highest BCUT2D eigenvalue weighted by Crippen LogP contribution is 2.27. The maximum Gasteiger partial charge on any atom is 0.310 e. The molecule has 1 rings (SSSR count). The summed E-state index contributed by atoms with van der Waals surface area (Å²) >= 11 is 0. The highest BCUT2D eigenvalue weighted by molar-refractivity contribution is 5.95. The van der Waals surface area contributed by atoms with Crippen molar-refractivity contribution in [2.75, 3.05) is 20.7 Å². The maximum absolute atomic E-state index is 12.0. The molecule has 0 saturated heterocycles. The molecule has 0 unspecified atom stereocenters. The van der Waals surface area contributed by atoms with E-state index in [1.807, 2.05) is 0 Å². The fourth-order valence-corrected chi connectivity index (χ4v) is 1.55. The van der Waals surface area contributed by atoms with Crippen molar-refractivity contribution in [3.63, 3.8) is 0 Å². The van der Waals surface area contributed by atoms with E-state index < -0.39 is 16.8 Å². The number of nitro groups is 1. The number of nitrogens with zero attached hydrogens (tertiary/aromatic N) is 2. The summed E-state index contributed by atoms with van der Waals surface area (Å²) in [6.07, 6.45) is -0.174. The molecule has 108 valence electrons. The number of carbonyl (C=O) groups excluding carboxylic acids is 1. The molecule has 0 aromatic heterocycles. The monoisotopic (exact) mass is 282 g/mol. The Kier molecular flexibility index (Phi) is 5.01. The van der Waals surface area contributed by atoms with Gasteiger partial charge in [-0.3, -0.25) is 19.7 Å². The van der Waals surface area contributed by atoms with Crippen LogP contribution < -0.4 is 4.74 Å². The molecule has 1 amide bonds. The molecule has 1 aromatic rings. The van der Waals surface area contributed by atoms with Crippen molar-refractivity contribution in [3.8, 4) is 5.75 Å². The summed E-state index contributed by atoms with van der Waals surface area (Å²) in [6.45, 7) is 0.0491. The predicted octanol–water partition coefficient (Wildman–Crippen LogP) is 1.15. The Morgan fingerprint density at radius 1 is 1.45 bits per heavy atom. The van der Waals surface area contributed by atoms with E-state index in [2.05, 4.69) is 0 Å². The van der Waals surface area contributed by atoms with Crippen molar-refractivity contribution in [3.05, 3.63) is 33.9 Å². The molecule has 0 aliphatic carbocycles. The van der Waals surface area contributed by atoms with E-state index in [9.17, 15) is 19.7 Å². The summed E-state index contributed by atoms with van der Waals surface area (Å²) in [5.41, 5.74) is -0.0439. The van der Waals surface area contributed by atoms with E-state index in [0.717, 1.165) is 0 Å². The van der Waals surface area contributed by atoms with Crippen molar-refractivity contribution in [2.45, 2.75) is 6.42 Å². The van der Waals surface area contributed by atoms with Crippen LogP contribution in [0, 0.1) is 10.1 Å². The van der Waals surface area contributed by atoms with Gasteiger partial charge in [0.2, 0.25) is 0 Å². The van der Waals surface area contributed by atoms with Crippen LogP contribution in [0.25, 0.3) is 0 Å². The molecule has 0 spiro atoms. The number of amides is 1. The Morgan fingerprint density at radius 3 is 2.60 bits per heavy atom. The molecular weight excluding hydrogens is 268 g/mol. The molecule has 0 radical (unpaired) electrons. The number of methoxy groups -OCH3 is 1. The maximum atomic E-state index is 12.0. The van der Waals surface area contributed by atoms with Crippen LogP contribution in [0.4, 0.5) is 5.69 Å². The second-order valence-electron chi connectivity index (χ2n) is 4.01. The van der Waals surface area contributed by atoms with Gasteiger partial charge in [0.05, 0.1) is 18.5 Å². The fraction of sp³-hybridized carbons (Fsp3) is 0.333. The van der Waals surface area contributed by atoms with E-state index in [1.54, 1.807) is 0 Å². The molecule has 20 heavy (non-hydrogen) atoms. The Labute approximate surface area is 114 Å². The van der Waals surface area contributed by atoms with Crippen molar-refractivity contribution in [1.82, 2.24) is 4.90 Å². The van der Waals surface area contributed by atoms with Crippen LogP contribution >= 0.6 is 0 Å². The van der Waals surface area contributed by atoms with Crippen molar-refractivity contribution >= 4 is 17.6 Å². The molecule has 1 aromatic carbocycles. The standard InChI is InChI=1S/C12H14N2O6/c1-13(6-5-11(15)16)12(17)8-3-4-9(14(18)19)10(7-8)20-2/h3-4,7H,5-6H2,1-2H3,(H,15,16). The zero-order valence-corrected chi connectivity index (χ0v) is 11.0. The molecular formula is C12H14N2O6. The molecule has 0 aliphatic rings. The van der Waals surface area contributed by atoms with Gasteiger partial charge in [0, 0.05) is 31.3 Å². The average Bonchev–Trinajstić information content (AvgIpc) is 2.42. The minimum atomic E-state index is -1.01. The van der Waals surface area contributed by atoms with Crippen LogP contribution in [0.2, 0.25) is 0 Å². The molecule has 8 nitrogen and oxygen atoms in total. The first-order valence-electron chi connectivity index (χ1n) is 5.66. The summed E-state index contributed by atoms with van der Waals surface area (Å²) in [6, 6.07) is 3.75. The number of hydrogen-bond acceptors (Lipinski definition) is 5. The molecule has 0 atom stereocenters. The first-order chi connectivity index (χ1) is 9.36. The topological polar surface area (TPSA) is 110 Å². The Hall–Kier alpha value is -2.64. The van der Waals surface area contributed by atoms with E-state index >= 15 is 0 Å². The molecule has 0 heterocycles.